The third-order valence-electron chi connectivity index (χ3n) is 5.22. The van der Waals surface area contributed by atoms with E-state index in [1.54, 1.807) is 39.8 Å². The van der Waals surface area contributed by atoms with Crippen molar-refractivity contribution in [3.05, 3.63) is 66.2 Å². The van der Waals surface area contributed by atoms with Crippen LogP contribution in [-0.4, -0.2) is 56.3 Å². The highest BCUT2D eigenvalue weighted by Crippen LogP contribution is 2.33. The van der Waals surface area contributed by atoms with Crippen LogP contribution in [-0.2, 0) is 4.74 Å². The predicted octanol–water partition coefficient (Wildman–Crippen LogP) is 4.28. The smallest absolute Gasteiger partial charge is 0.239 e. The van der Waals surface area contributed by atoms with Crippen LogP contribution in [0.1, 0.15) is 24.4 Å². The molecule has 0 bridgehead atoms. The number of methoxy groups -OCH3 is 3. The highest BCUT2D eigenvalue weighted by molar-refractivity contribution is 8.01. The van der Waals surface area contributed by atoms with E-state index in [2.05, 4.69) is 29.9 Å². The SMILES string of the molecule is COc1cccc(-c2nnc(NSC(C)C(OC)c3ncc(C)cn3)n2-c2ccccc2OC)n1. The summed E-state index contributed by atoms with van der Waals surface area (Å²) in [5.74, 6) is 2.81. The lowest BCUT2D eigenvalue weighted by molar-refractivity contribution is 0.0972. The maximum absolute atomic E-state index is 5.71. The first-order valence-corrected chi connectivity index (χ1v) is 11.8. The van der Waals surface area contributed by atoms with Gasteiger partial charge < -0.3 is 14.2 Å². The van der Waals surface area contributed by atoms with Gasteiger partial charge in [0, 0.05) is 25.6 Å². The molecule has 1 aromatic carbocycles. The van der Waals surface area contributed by atoms with Crippen LogP contribution in [0.25, 0.3) is 17.2 Å². The van der Waals surface area contributed by atoms with E-state index in [4.69, 9.17) is 14.2 Å². The van der Waals surface area contributed by atoms with Crippen LogP contribution in [0.3, 0.4) is 0 Å². The number of aryl methyl sites for hydroxylation is 1. The summed E-state index contributed by atoms with van der Waals surface area (Å²) in [7, 11) is 4.85. The highest BCUT2D eigenvalue weighted by atomic mass is 32.2. The summed E-state index contributed by atoms with van der Waals surface area (Å²) < 4.78 is 21.8. The first kappa shape index (κ1) is 24.4. The van der Waals surface area contributed by atoms with Crippen LogP contribution in [0, 0.1) is 6.92 Å². The molecule has 1 N–H and O–H groups in total. The molecule has 0 radical (unpaired) electrons. The number of benzene rings is 1. The Morgan fingerprint density at radius 3 is 2.43 bits per heavy atom. The Kier molecular flexibility index (Phi) is 7.78. The molecule has 0 spiro atoms. The Balaban J connectivity index is 1.68. The lowest BCUT2D eigenvalue weighted by Gasteiger charge is -2.21. The van der Waals surface area contributed by atoms with Gasteiger partial charge in [-0.3, -0.25) is 9.29 Å². The van der Waals surface area contributed by atoms with Gasteiger partial charge in [-0.2, -0.15) is 0 Å². The molecule has 0 amide bonds. The maximum atomic E-state index is 5.71. The third kappa shape index (κ3) is 5.36. The van der Waals surface area contributed by atoms with Gasteiger partial charge in [-0.25, -0.2) is 15.0 Å². The van der Waals surface area contributed by atoms with E-state index < -0.39 is 0 Å². The van der Waals surface area contributed by atoms with Gasteiger partial charge in [0.15, 0.2) is 11.6 Å². The minimum Gasteiger partial charge on any atom is -0.495 e. The van der Waals surface area contributed by atoms with Crippen molar-refractivity contribution in [1.82, 2.24) is 29.7 Å². The molecule has 0 aliphatic rings. The lowest BCUT2D eigenvalue weighted by atomic mass is 10.2. The van der Waals surface area contributed by atoms with E-state index in [0.717, 1.165) is 11.3 Å². The fourth-order valence-electron chi connectivity index (χ4n) is 3.48. The average Bonchev–Trinajstić information content (AvgIpc) is 3.32. The lowest BCUT2D eigenvalue weighted by Crippen LogP contribution is -2.19. The van der Waals surface area contributed by atoms with Crippen LogP contribution < -0.4 is 14.2 Å². The summed E-state index contributed by atoms with van der Waals surface area (Å²) in [5, 5.41) is 8.79. The number of hydrogen-bond donors (Lipinski definition) is 1. The van der Waals surface area contributed by atoms with Gasteiger partial charge in [-0.05, 0) is 49.6 Å². The Morgan fingerprint density at radius 1 is 0.943 bits per heavy atom. The molecule has 2 unspecified atom stereocenters. The van der Waals surface area contributed by atoms with E-state index in [1.807, 2.05) is 54.8 Å². The zero-order valence-electron chi connectivity index (χ0n) is 20.2. The largest absolute Gasteiger partial charge is 0.495 e. The Morgan fingerprint density at radius 2 is 1.71 bits per heavy atom. The van der Waals surface area contributed by atoms with Crippen LogP contribution in [0.4, 0.5) is 5.95 Å². The van der Waals surface area contributed by atoms with Crippen LogP contribution in [0.2, 0.25) is 0 Å². The molecule has 3 aromatic heterocycles. The van der Waals surface area contributed by atoms with Gasteiger partial charge >= 0.3 is 0 Å². The van der Waals surface area contributed by atoms with Gasteiger partial charge in [-0.1, -0.05) is 18.2 Å². The number of rotatable bonds is 10. The summed E-state index contributed by atoms with van der Waals surface area (Å²) >= 11 is 1.44. The molecule has 0 saturated heterocycles. The number of ether oxygens (including phenoxy) is 3. The predicted molar refractivity (Wildman–Crippen MR) is 135 cm³/mol. The van der Waals surface area contributed by atoms with E-state index in [-0.39, 0.29) is 11.4 Å². The quantitative estimate of drug-likeness (QED) is 0.321. The van der Waals surface area contributed by atoms with Crippen molar-refractivity contribution < 1.29 is 14.2 Å². The number of pyridine rings is 1. The van der Waals surface area contributed by atoms with Crippen molar-refractivity contribution in [2.24, 2.45) is 0 Å². The molecule has 2 atom stereocenters. The molecule has 4 aromatic rings. The monoisotopic (exact) mass is 493 g/mol. The molecule has 0 aliphatic carbocycles. The Labute approximate surface area is 208 Å². The molecule has 0 saturated carbocycles. The minimum atomic E-state index is -0.324. The van der Waals surface area contributed by atoms with Crippen molar-refractivity contribution in [3.63, 3.8) is 0 Å². The molecular weight excluding hydrogens is 466 g/mol. The second-order valence-corrected chi connectivity index (χ2v) is 8.80. The first-order chi connectivity index (χ1) is 17.0. The Hall–Kier alpha value is -3.70. The van der Waals surface area contributed by atoms with Gasteiger partial charge in [-0.15, -0.1) is 10.2 Å². The van der Waals surface area contributed by atoms with E-state index in [9.17, 15) is 0 Å². The fourth-order valence-corrected chi connectivity index (χ4v) is 4.26. The van der Waals surface area contributed by atoms with Crippen molar-refractivity contribution >= 4 is 17.9 Å². The summed E-state index contributed by atoms with van der Waals surface area (Å²) in [5.41, 5.74) is 2.36. The molecule has 0 fully saturated rings. The second kappa shape index (κ2) is 11.2. The molecule has 35 heavy (non-hydrogen) atoms. The van der Waals surface area contributed by atoms with Crippen molar-refractivity contribution in [2.45, 2.75) is 25.2 Å². The molecule has 4 rings (SSSR count). The average molecular weight is 494 g/mol. The topological polar surface area (TPSA) is 109 Å². The maximum Gasteiger partial charge on any atom is 0.239 e. The normalized spacial score (nSPS) is 12.7. The molecular formula is C24H27N7O3S. The number of nitrogens with zero attached hydrogens (tertiary/aromatic N) is 6. The second-order valence-electron chi connectivity index (χ2n) is 7.62. The van der Waals surface area contributed by atoms with E-state index in [0.29, 0.717) is 34.9 Å². The standard InChI is InChI=1S/C24H27N7O3S/c1-15-13-25-22(26-14-15)21(34-5)16(2)35-30-24-29-28-23(17-9-8-12-20(27-17)33-4)31(24)18-10-6-7-11-19(18)32-3/h6-14,16,21H,1-5H3,(H,29,30). The van der Waals surface area contributed by atoms with Crippen LogP contribution in [0.15, 0.2) is 54.9 Å². The van der Waals surface area contributed by atoms with Gasteiger partial charge in [0.2, 0.25) is 11.8 Å². The highest BCUT2D eigenvalue weighted by Gasteiger charge is 2.25. The number of aromatic nitrogens is 6. The number of hydrogen-bond acceptors (Lipinski definition) is 10. The van der Waals surface area contributed by atoms with Gasteiger partial charge in [0.25, 0.3) is 0 Å². The summed E-state index contributed by atoms with van der Waals surface area (Å²) in [4.78, 5) is 13.4. The molecule has 0 aliphatic heterocycles. The van der Waals surface area contributed by atoms with Crippen molar-refractivity contribution in [1.29, 1.82) is 0 Å². The molecule has 10 nitrogen and oxygen atoms in total. The molecule has 182 valence electrons. The number of nitrogens with one attached hydrogen (secondary N) is 1. The summed E-state index contributed by atoms with van der Waals surface area (Å²) in [6, 6.07) is 13.1. The van der Waals surface area contributed by atoms with E-state index in [1.165, 1.54) is 11.9 Å². The molecule has 11 heteroatoms. The Bertz CT molecular complexity index is 1270. The fraction of sp³-hybridized carbons (Fsp3) is 0.292. The number of para-hydroxylation sites is 2. The van der Waals surface area contributed by atoms with Gasteiger partial charge in [0.05, 0.1) is 25.2 Å². The third-order valence-corrected chi connectivity index (χ3v) is 6.14. The zero-order valence-corrected chi connectivity index (χ0v) is 21.0. The molecule has 3 heterocycles. The summed E-state index contributed by atoms with van der Waals surface area (Å²) in [6.45, 7) is 3.98. The zero-order chi connectivity index (χ0) is 24.8. The van der Waals surface area contributed by atoms with Crippen LogP contribution in [0.5, 0.6) is 11.6 Å². The first-order valence-electron chi connectivity index (χ1n) is 10.9. The van der Waals surface area contributed by atoms with Crippen LogP contribution >= 0.6 is 11.9 Å². The van der Waals surface area contributed by atoms with Gasteiger partial charge in [0.1, 0.15) is 17.5 Å². The van der Waals surface area contributed by atoms with Crippen molar-refractivity contribution in [2.75, 3.05) is 26.1 Å². The van der Waals surface area contributed by atoms with Crippen molar-refractivity contribution in [3.8, 4) is 28.8 Å². The summed E-state index contributed by atoms with van der Waals surface area (Å²) in [6.07, 6.45) is 3.24. The number of anilines is 1. The van der Waals surface area contributed by atoms with E-state index >= 15 is 0 Å². The minimum absolute atomic E-state index is 0.0519.